The van der Waals surface area contributed by atoms with E-state index in [9.17, 15) is 13.2 Å². The fourth-order valence-corrected chi connectivity index (χ4v) is 0. The topological polar surface area (TPSA) is 37.0 Å². The van der Waals surface area contributed by atoms with Crippen LogP contribution in [0.25, 0.3) is 0 Å². The van der Waals surface area contributed by atoms with Crippen molar-refractivity contribution in [1.82, 2.24) is 0 Å². The predicted molar refractivity (Wildman–Crippen MR) is 34.6 cm³/mol. The highest BCUT2D eigenvalue weighted by molar-refractivity contribution is 7.98. The lowest BCUT2D eigenvalue weighted by molar-refractivity contribution is -0.199. The monoisotopic (exact) mass is 193 g/mol. The standard InChI is InChI=1S/C2F3O2.CH4S2/c3-2(4,5)1(6)7;2-1-3/h;2-3H,1H2. The van der Waals surface area contributed by atoms with Crippen molar-refractivity contribution in [2.24, 2.45) is 0 Å². The molecule has 0 saturated heterocycles. The Hall–Kier alpha value is -0.0400. The van der Waals surface area contributed by atoms with Crippen LogP contribution in [-0.2, 0) is 9.90 Å². The van der Waals surface area contributed by atoms with Crippen LogP contribution in [0.15, 0.2) is 0 Å². The normalized spacial score (nSPS) is 9.70. The first-order chi connectivity index (χ1) is 4.36. The molecule has 0 unspecified atom stereocenters. The maximum Gasteiger partial charge on any atom is 0.495 e. The maximum atomic E-state index is 10.5. The van der Waals surface area contributed by atoms with E-state index in [0.29, 0.717) is 5.08 Å². The lowest BCUT2D eigenvalue weighted by atomic mass is 10.7. The molecule has 0 heterocycles. The maximum absolute atomic E-state index is 10.5. The molecule has 0 rings (SSSR count). The summed E-state index contributed by atoms with van der Waals surface area (Å²) in [6, 6.07) is 0. The summed E-state index contributed by atoms with van der Waals surface area (Å²) in [5, 5.41) is 9.42. The molecule has 61 valence electrons. The number of thiol groups is 2. The number of carbonyl (C=O) groups excluding carboxylic acids is 1. The second-order valence-corrected chi connectivity index (χ2v) is 2.06. The molecule has 0 saturated carbocycles. The zero-order chi connectivity index (χ0) is 8.78. The molecule has 2 nitrogen and oxygen atoms in total. The Labute approximate surface area is 66.2 Å². The Morgan fingerprint density at radius 1 is 1.30 bits per heavy atom. The van der Waals surface area contributed by atoms with Crippen molar-refractivity contribution in [2.45, 2.75) is 6.18 Å². The molecule has 0 N–H and O–H groups in total. The first-order valence-corrected chi connectivity index (χ1v) is 3.12. The van der Waals surface area contributed by atoms with Gasteiger partial charge in [0.05, 0.1) is 0 Å². The van der Waals surface area contributed by atoms with Crippen LogP contribution in [0.2, 0.25) is 0 Å². The van der Waals surface area contributed by atoms with Gasteiger partial charge in [0.25, 0.3) is 0 Å². The van der Waals surface area contributed by atoms with E-state index in [-0.39, 0.29) is 0 Å². The number of halogens is 3. The second-order valence-electron chi connectivity index (χ2n) is 0.927. The molecule has 0 aliphatic carbocycles. The third kappa shape index (κ3) is 10.9. The van der Waals surface area contributed by atoms with Crippen molar-refractivity contribution in [1.29, 1.82) is 0 Å². The Kier molecular flexibility index (Phi) is 7.22. The smallest absolute Gasteiger partial charge is 0.237 e. The molecule has 10 heavy (non-hydrogen) atoms. The van der Waals surface area contributed by atoms with Crippen molar-refractivity contribution in [3.8, 4) is 0 Å². The van der Waals surface area contributed by atoms with E-state index >= 15 is 0 Å². The Bertz CT molecular complexity index is 102. The molecule has 0 aliphatic rings. The fraction of sp³-hybridized carbons (Fsp3) is 0.667. The highest BCUT2D eigenvalue weighted by atomic mass is 32.2. The highest BCUT2D eigenvalue weighted by Crippen LogP contribution is 2.13. The Morgan fingerprint density at radius 3 is 1.40 bits per heavy atom. The van der Waals surface area contributed by atoms with Gasteiger partial charge in [-0.15, -0.1) is 0 Å². The van der Waals surface area contributed by atoms with E-state index in [1.165, 1.54) is 0 Å². The first-order valence-electron chi connectivity index (χ1n) is 1.86. The predicted octanol–water partition coefficient (Wildman–Crippen LogP) is 1.31. The molecule has 0 atom stereocenters. The molecule has 0 aromatic heterocycles. The molecule has 0 fully saturated rings. The third-order valence-corrected chi connectivity index (χ3v) is 0.231. The van der Waals surface area contributed by atoms with E-state index in [4.69, 9.17) is 9.90 Å². The van der Waals surface area contributed by atoms with E-state index in [0.717, 1.165) is 0 Å². The van der Waals surface area contributed by atoms with Gasteiger partial charge >= 0.3 is 12.1 Å². The molecular formula is C3H4F3O2S2. The van der Waals surface area contributed by atoms with Crippen molar-refractivity contribution in [3.63, 3.8) is 0 Å². The van der Waals surface area contributed by atoms with Gasteiger partial charge in [-0.25, -0.2) is 9.90 Å². The van der Waals surface area contributed by atoms with Crippen molar-refractivity contribution >= 4 is 31.2 Å². The zero-order valence-electron chi connectivity index (χ0n) is 4.55. The van der Waals surface area contributed by atoms with Gasteiger partial charge in [-0.05, 0) is 0 Å². The van der Waals surface area contributed by atoms with Gasteiger partial charge in [0.1, 0.15) is 0 Å². The minimum Gasteiger partial charge on any atom is -0.237 e. The van der Waals surface area contributed by atoms with E-state index < -0.39 is 12.1 Å². The number of carbonyl (C=O) groups is 1. The third-order valence-electron chi connectivity index (χ3n) is 0.231. The zero-order valence-corrected chi connectivity index (χ0v) is 6.34. The molecule has 1 radical (unpaired) electrons. The molecular weight excluding hydrogens is 189 g/mol. The summed E-state index contributed by atoms with van der Waals surface area (Å²) in [5.41, 5.74) is 0. The van der Waals surface area contributed by atoms with Gasteiger partial charge in [-0.1, -0.05) is 0 Å². The van der Waals surface area contributed by atoms with E-state index in [1.807, 2.05) is 0 Å². The van der Waals surface area contributed by atoms with Crippen molar-refractivity contribution in [3.05, 3.63) is 0 Å². The molecule has 0 aromatic rings. The van der Waals surface area contributed by atoms with Crippen LogP contribution in [0.1, 0.15) is 0 Å². The molecule has 0 aromatic carbocycles. The van der Waals surface area contributed by atoms with Gasteiger partial charge < -0.3 is 0 Å². The average molecular weight is 193 g/mol. The van der Waals surface area contributed by atoms with Crippen LogP contribution in [0, 0.1) is 0 Å². The van der Waals surface area contributed by atoms with E-state index in [1.54, 1.807) is 0 Å². The van der Waals surface area contributed by atoms with Crippen LogP contribution in [-0.4, -0.2) is 17.2 Å². The summed E-state index contributed by atoms with van der Waals surface area (Å²) in [6.45, 7) is 0. The lowest BCUT2D eigenvalue weighted by Gasteiger charge is -1.90. The summed E-state index contributed by atoms with van der Waals surface area (Å²) >= 11 is 7.31. The minimum absolute atomic E-state index is 0.639. The number of rotatable bonds is 0. The molecule has 0 aliphatic heterocycles. The van der Waals surface area contributed by atoms with Crippen LogP contribution in [0.5, 0.6) is 0 Å². The van der Waals surface area contributed by atoms with Gasteiger partial charge in [0.2, 0.25) is 0 Å². The fourth-order valence-electron chi connectivity index (χ4n) is 0. The average Bonchev–Trinajstić information content (AvgIpc) is 1.64. The largest absolute Gasteiger partial charge is 0.495 e. The Morgan fingerprint density at radius 2 is 1.40 bits per heavy atom. The van der Waals surface area contributed by atoms with Gasteiger partial charge in [0.15, 0.2) is 0 Å². The summed E-state index contributed by atoms with van der Waals surface area (Å²) < 4.78 is 31.5. The van der Waals surface area contributed by atoms with Crippen LogP contribution in [0.3, 0.4) is 0 Å². The summed E-state index contributed by atoms with van der Waals surface area (Å²) in [6.07, 6.45) is -5.19. The van der Waals surface area contributed by atoms with Gasteiger partial charge in [-0.2, -0.15) is 38.4 Å². The van der Waals surface area contributed by atoms with Crippen LogP contribution < -0.4 is 0 Å². The number of alkyl halides is 3. The molecule has 0 spiro atoms. The Balaban J connectivity index is 0. The molecule has 7 heteroatoms. The second kappa shape index (κ2) is 5.72. The summed E-state index contributed by atoms with van der Waals surface area (Å²) in [5.74, 6) is -3.01. The SMILES string of the molecule is SCS.[O]C(=O)C(F)(F)F. The summed E-state index contributed by atoms with van der Waals surface area (Å²) in [4.78, 5) is 8.78. The molecule has 0 bridgehead atoms. The number of hydrogen-bond acceptors (Lipinski definition) is 3. The lowest BCUT2D eigenvalue weighted by Crippen LogP contribution is -2.19. The summed E-state index contributed by atoms with van der Waals surface area (Å²) in [7, 11) is 0. The quantitative estimate of drug-likeness (QED) is 0.441. The minimum atomic E-state index is -5.19. The van der Waals surface area contributed by atoms with E-state index in [2.05, 4.69) is 25.3 Å². The van der Waals surface area contributed by atoms with Gasteiger partial charge in [0, 0.05) is 5.08 Å². The van der Waals surface area contributed by atoms with Crippen LogP contribution >= 0.6 is 25.3 Å². The van der Waals surface area contributed by atoms with Crippen molar-refractivity contribution in [2.75, 3.05) is 5.08 Å². The van der Waals surface area contributed by atoms with Gasteiger partial charge in [-0.3, -0.25) is 0 Å². The highest BCUT2D eigenvalue weighted by Gasteiger charge is 2.40. The molecule has 0 amide bonds. The van der Waals surface area contributed by atoms with Crippen molar-refractivity contribution < 1.29 is 23.1 Å². The van der Waals surface area contributed by atoms with Crippen LogP contribution in [0.4, 0.5) is 13.2 Å². The first kappa shape index (κ1) is 12.6. The number of hydrogen-bond donors (Lipinski definition) is 2.